The minimum Gasteiger partial charge on any atom is -0.371 e. The Morgan fingerprint density at radius 1 is 1.36 bits per heavy atom. The molecule has 3 nitrogen and oxygen atoms in total. The van der Waals surface area contributed by atoms with E-state index in [1.165, 1.54) is 0 Å². The summed E-state index contributed by atoms with van der Waals surface area (Å²) in [5, 5.41) is 2.83. The number of hydrogen-bond donors (Lipinski definition) is 1. The van der Waals surface area contributed by atoms with E-state index in [0.29, 0.717) is 19.1 Å². The van der Waals surface area contributed by atoms with Gasteiger partial charge in [0.1, 0.15) is 6.61 Å². The Morgan fingerprint density at radius 2 is 1.93 bits per heavy atom. The van der Waals surface area contributed by atoms with E-state index in [4.69, 9.17) is 4.74 Å². The summed E-state index contributed by atoms with van der Waals surface area (Å²) in [6, 6.07) is 0. The highest BCUT2D eigenvalue weighted by molar-refractivity contribution is 5.77. The van der Waals surface area contributed by atoms with Gasteiger partial charge in [-0.3, -0.25) is 4.79 Å². The Kier molecular flexibility index (Phi) is 5.77. The summed E-state index contributed by atoms with van der Waals surface area (Å²) in [5.74, 6) is 0.450. The molecule has 0 aliphatic heterocycles. The molecule has 0 aromatic carbocycles. The zero-order chi connectivity index (χ0) is 11.2. The number of hydrogen-bond acceptors (Lipinski definition) is 2. The topological polar surface area (TPSA) is 38.3 Å². The lowest BCUT2D eigenvalue weighted by molar-refractivity contribution is -0.126. The highest BCUT2D eigenvalue weighted by Gasteiger charge is 2.11. The third kappa shape index (κ3) is 9.52. The smallest absolute Gasteiger partial charge is 0.246 e. The SMILES string of the molecule is CC(C)COCC(=O)NCC(C)(C)C. The minimum absolute atomic E-state index is 0.0272. The average Bonchev–Trinajstić information content (AvgIpc) is 1.99. The van der Waals surface area contributed by atoms with Gasteiger partial charge in [-0.25, -0.2) is 0 Å². The number of carbonyl (C=O) groups is 1. The fourth-order valence-corrected chi connectivity index (χ4v) is 0.802. The van der Waals surface area contributed by atoms with Crippen LogP contribution in [0.25, 0.3) is 0 Å². The van der Waals surface area contributed by atoms with Gasteiger partial charge in [0.05, 0.1) is 0 Å². The lowest BCUT2D eigenvalue weighted by Crippen LogP contribution is -2.34. The Morgan fingerprint density at radius 3 is 2.36 bits per heavy atom. The summed E-state index contributed by atoms with van der Waals surface area (Å²) in [6.45, 7) is 11.9. The van der Waals surface area contributed by atoms with Crippen molar-refractivity contribution in [2.75, 3.05) is 19.8 Å². The molecule has 14 heavy (non-hydrogen) atoms. The Labute approximate surface area is 87.2 Å². The maximum absolute atomic E-state index is 11.2. The molecule has 0 saturated carbocycles. The van der Waals surface area contributed by atoms with Gasteiger partial charge in [-0.2, -0.15) is 0 Å². The van der Waals surface area contributed by atoms with E-state index in [0.717, 1.165) is 0 Å². The van der Waals surface area contributed by atoms with Crippen LogP contribution in [0.4, 0.5) is 0 Å². The zero-order valence-corrected chi connectivity index (χ0v) is 10.0. The molecule has 0 fully saturated rings. The van der Waals surface area contributed by atoms with Crippen molar-refractivity contribution in [3.63, 3.8) is 0 Å². The summed E-state index contributed by atoms with van der Waals surface area (Å²) < 4.78 is 5.21. The number of rotatable bonds is 5. The van der Waals surface area contributed by atoms with E-state index >= 15 is 0 Å². The first kappa shape index (κ1) is 13.4. The zero-order valence-electron chi connectivity index (χ0n) is 10.0. The highest BCUT2D eigenvalue weighted by atomic mass is 16.5. The lowest BCUT2D eigenvalue weighted by Gasteiger charge is -2.18. The van der Waals surface area contributed by atoms with E-state index in [9.17, 15) is 4.79 Å². The Balaban J connectivity index is 3.47. The van der Waals surface area contributed by atoms with Crippen molar-refractivity contribution in [3.8, 4) is 0 Å². The van der Waals surface area contributed by atoms with E-state index < -0.39 is 0 Å². The molecule has 1 amide bonds. The van der Waals surface area contributed by atoms with Crippen molar-refractivity contribution in [1.82, 2.24) is 5.32 Å². The van der Waals surface area contributed by atoms with Crippen molar-refractivity contribution in [2.24, 2.45) is 11.3 Å². The second kappa shape index (κ2) is 6.02. The van der Waals surface area contributed by atoms with Gasteiger partial charge in [0, 0.05) is 13.2 Å². The number of amides is 1. The van der Waals surface area contributed by atoms with Crippen molar-refractivity contribution in [1.29, 1.82) is 0 Å². The molecule has 0 rings (SSSR count). The van der Waals surface area contributed by atoms with Gasteiger partial charge in [-0.1, -0.05) is 34.6 Å². The van der Waals surface area contributed by atoms with Crippen molar-refractivity contribution < 1.29 is 9.53 Å². The summed E-state index contributed by atoms with van der Waals surface area (Å²) in [5.41, 5.74) is 0.133. The number of carbonyl (C=O) groups excluding carboxylic acids is 1. The van der Waals surface area contributed by atoms with Gasteiger partial charge in [0.2, 0.25) is 5.91 Å². The summed E-state index contributed by atoms with van der Waals surface area (Å²) >= 11 is 0. The Bertz CT molecular complexity index is 171. The predicted octanol–water partition coefficient (Wildman–Crippen LogP) is 1.82. The molecular weight excluding hydrogens is 178 g/mol. The third-order valence-corrected chi connectivity index (χ3v) is 1.50. The number of ether oxygens (including phenoxy) is 1. The van der Waals surface area contributed by atoms with E-state index in [1.807, 2.05) is 0 Å². The normalized spacial score (nSPS) is 11.9. The molecule has 84 valence electrons. The molecule has 0 bridgehead atoms. The van der Waals surface area contributed by atoms with Gasteiger partial charge in [0.15, 0.2) is 0 Å². The quantitative estimate of drug-likeness (QED) is 0.737. The second-order valence-electron chi connectivity index (χ2n) is 5.25. The van der Waals surface area contributed by atoms with E-state index in [2.05, 4.69) is 39.9 Å². The molecule has 0 aliphatic rings. The maximum Gasteiger partial charge on any atom is 0.246 e. The standard InChI is InChI=1S/C11H23NO2/c1-9(2)6-14-7-10(13)12-8-11(3,4)5/h9H,6-8H2,1-5H3,(H,12,13). The third-order valence-electron chi connectivity index (χ3n) is 1.50. The van der Waals surface area contributed by atoms with E-state index in [1.54, 1.807) is 0 Å². The largest absolute Gasteiger partial charge is 0.371 e. The molecule has 0 atom stereocenters. The summed E-state index contributed by atoms with van der Waals surface area (Å²) in [6.07, 6.45) is 0. The van der Waals surface area contributed by atoms with Crippen molar-refractivity contribution in [2.45, 2.75) is 34.6 Å². The fraction of sp³-hybridized carbons (Fsp3) is 0.909. The molecule has 0 aromatic rings. The van der Waals surface area contributed by atoms with Crippen LogP contribution in [0.5, 0.6) is 0 Å². The van der Waals surface area contributed by atoms with Crippen LogP contribution in [0.3, 0.4) is 0 Å². The number of nitrogens with one attached hydrogen (secondary N) is 1. The first-order valence-electron chi connectivity index (χ1n) is 5.16. The second-order valence-corrected chi connectivity index (χ2v) is 5.25. The van der Waals surface area contributed by atoms with Gasteiger partial charge < -0.3 is 10.1 Å². The fourth-order valence-electron chi connectivity index (χ4n) is 0.802. The van der Waals surface area contributed by atoms with Crippen LogP contribution in [-0.2, 0) is 9.53 Å². The minimum atomic E-state index is -0.0272. The molecule has 0 heterocycles. The highest BCUT2D eigenvalue weighted by Crippen LogP contribution is 2.09. The molecule has 1 N–H and O–H groups in total. The van der Waals surface area contributed by atoms with Crippen molar-refractivity contribution >= 4 is 5.91 Å². The molecular formula is C11H23NO2. The van der Waals surface area contributed by atoms with Crippen LogP contribution < -0.4 is 5.32 Å². The maximum atomic E-state index is 11.2. The predicted molar refractivity (Wildman–Crippen MR) is 58.1 cm³/mol. The van der Waals surface area contributed by atoms with Crippen LogP contribution in [0.15, 0.2) is 0 Å². The first-order valence-corrected chi connectivity index (χ1v) is 5.16. The molecule has 0 spiro atoms. The molecule has 3 heteroatoms. The molecule has 0 aliphatic carbocycles. The Hall–Kier alpha value is -0.570. The first-order chi connectivity index (χ1) is 6.31. The van der Waals surface area contributed by atoms with Crippen molar-refractivity contribution in [3.05, 3.63) is 0 Å². The van der Waals surface area contributed by atoms with E-state index in [-0.39, 0.29) is 17.9 Å². The summed E-state index contributed by atoms with van der Waals surface area (Å²) in [7, 11) is 0. The van der Waals surface area contributed by atoms with Crippen LogP contribution in [0, 0.1) is 11.3 Å². The van der Waals surface area contributed by atoms with Gasteiger partial charge in [0.25, 0.3) is 0 Å². The van der Waals surface area contributed by atoms with Crippen LogP contribution in [0.2, 0.25) is 0 Å². The van der Waals surface area contributed by atoms with Crippen LogP contribution >= 0.6 is 0 Å². The molecule has 0 aromatic heterocycles. The molecule has 0 saturated heterocycles. The van der Waals surface area contributed by atoms with Crippen LogP contribution in [0.1, 0.15) is 34.6 Å². The monoisotopic (exact) mass is 201 g/mol. The molecule has 0 radical (unpaired) electrons. The van der Waals surface area contributed by atoms with Gasteiger partial charge in [-0.15, -0.1) is 0 Å². The van der Waals surface area contributed by atoms with Gasteiger partial charge in [-0.05, 0) is 11.3 Å². The average molecular weight is 201 g/mol. The van der Waals surface area contributed by atoms with Crippen LogP contribution in [-0.4, -0.2) is 25.7 Å². The van der Waals surface area contributed by atoms with Gasteiger partial charge >= 0.3 is 0 Å². The molecule has 0 unspecified atom stereocenters. The summed E-state index contributed by atoms with van der Waals surface area (Å²) in [4.78, 5) is 11.2. The lowest BCUT2D eigenvalue weighted by atomic mass is 9.97.